The molecule has 0 radical (unpaired) electrons. The number of carbonyl (C=O) groups excluding carboxylic acids is 1. The Morgan fingerprint density at radius 2 is 1.95 bits per heavy atom. The van der Waals surface area contributed by atoms with Gasteiger partial charge in [0.15, 0.2) is 0 Å². The Bertz CT molecular complexity index is 700. The van der Waals surface area contributed by atoms with E-state index in [1.807, 2.05) is 0 Å². The van der Waals surface area contributed by atoms with Crippen molar-refractivity contribution in [1.29, 1.82) is 0 Å². The van der Waals surface area contributed by atoms with Crippen molar-refractivity contribution >= 4 is 39.1 Å². The van der Waals surface area contributed by atoms with Gasteiger partial charge in [0.25, 0.3) is 0 Å². The maximum atomic E-state index is 12.2. The van der Waals surface area contributed by atoms with Gasteiger partial charge in [-0.15, -0.1) is 0 Å². The Morgan fingerprint density at radius 1 is 1.43 bits per heavy atom. The molecule has 21 heavy (non-hydrogen) atoms. The van der Waals surface area contributed by atoms with Gasteiger partial charge in [0.2, 0.25) is 15.9 Å². The number of amides is 1. The molecule has 1 rings (SSSR count). The number of halogens is 2. The van der Waals surface area contributed by atoms with E-state index in [9.17, 15) is 13.2 Å². The second kappa shape index (κ2) is 7.11. The van der Waals surface area contributed by atoms with Crippen LogP contribution in [-0.4, -0.2) is 32.1 Å². The summed E-state index contributed by atoms with van der Waals surface area (Å²) < 4.78 is 26.4. The van der Waals surface area contributed by atoms with Crippen LogP contribution in [0.25, 0.3) is 0 Å². The quantitative estimate of drug-likeness (QED) is 0.686. The Balaban J connectivity index is 3.28. The third-order valence-corrected chi connectivity index (χ3v) is 4.80. The zero-order valence-electron chi connectivity index (χ0n) is 10.9. The number of hydrogen-bond donors (Lipinski definition) is 3. The fourth-order valence-corrected chi connectivity index (χ4v) is 3.81. The number of hydrogen-bond acceptors (Lipinski definition) is 4. The van der Waals surface area contributed by atoms with Crippen LogP contribution in [0.4, 0.5) is 0 Å². The molecule has 6 nitrogen and oxygen atoms in total. The first-order valence-corrected chi connectivity index (χ1v) is 7.83. The number of aliphatic hydroxyl groups is 1. The van der Waals surface area contributed by atoms with Gasteiger partial charge in [-0.2, -0.15) is 4.72 Å². The summed E-state index contributed by atoms with van der Waals surface area (Å²) in [6, 6.07) is 1.47. The molecule has 114 valence electrons. The number of carbonyl (C=O) groups is 1. The van der Waals surface area contributed by atoms with Crippen molar-refractivity contribution in [3.05, 3.63) is 27.7 Å². The first-order valence-electron chi connectivity index (χ1n) is 5.59. The SMILES string of the molecule is CC(NS(=O)(=O)c1c(Cl)cc(C#CCO)cc1Cl)C(N)=O. The summed E-state index contributed by atoms with van der Waals surface area (Å²) >= 11 is 11.8. The molecule has 0 bridgehead atoms. The van der Waals surface area contributed by atoms with E-state index in [-0.39, 0.29) is 21.5 Å². The molecular formula is C12H12Cl2N2O4S. The van der Waals surface area contributed by atoms with E-state index in [2.05, 4.69) is 16.6 Å². The van der Waals surface area contributed by atoms with E-state index < -0.39 is 22.0 Å². The van der Waals surface area contributed by atoms with Crippen molar-refractivity contribution in [2.24, 2.45) is 5.73 Å². The van der Waals surface area contributed by atoms with Gasteiger partial charge in [-0.3, -0.25) is 4.79 Å². The second-order valence-electron chi connectivity index (χ2n) is 3.97. The van der Waals surface area contributed by atoms with Gasteiger partial charge in [-0.1, -0.05) is 35.0 Å². The molecule has 1 amide bonds. The van der Waals surface area contributed by atoms with E-state index in [0.29, 0.717) is 5.56 Å². The summed E-state index contributed by atoms with van der Waals surface area (Å²) in [5, 5.41) is 8.30. The highest BCUT2D eigenvalue weighted by Crippen LogP contribution is 2.30. The Morgan fingerprint density at radius 3 is 2.38 bits per heavy atom. The fraction of sp³-hybridized carbons (Fsp3) is 0.250. The lowest BCUT2D eigenvalue weighted by Crippen LogP contribution is -2.42. The van der Waals surface area contributed by atoms with Gasteiger partial charge in [0, 0.05) is 5.56 Å². The van der Waals surface area contributed by atoms with Crippen molar-refractivity contribution in [2.45, 2.75) is 17.9 Å². The van der Waals surface area contributed by atoms with Gasteiger partial charge in [0.05, 0.1) is 16.1 Å². The monoisotopic (exact) mass is 350 g/mol. The highest BCUT2D eigenvalue weighted by molar-refractivity contribution is 7.89. The molecule has 0 spiro atoms. The van der Waals surface area contributed by atoms with Crippen molar-refractivity contribution in [3.8, 4) is 11.8 Å². The Hall–Kier alpha value is -1.30. The molecule has 0 aliphatic rings. The first kappa shape index (κ1) is 17.8. The predicted molar refractivity (Wildman–Crippen MR) is 79.4 cm³/mol. The van der Waals surface area contributed by atoms with Crippen molar-refractivity contribution in [1.82, 2.24) is 4.72 Å². The predicted octanol–water partition coefficient (Wildman–Crippen LogP) is 0.489. The van der Waals surface area contributed by atoms with Crippen LogP contribution in [0.15, 0.2) is 17.0 Å². The summed E-state index contributed by atoms with van der Waals surface area (Å²) in [6.45, 7) is 0.940. The summed E-state index contributed by atoms with van der Waals surface area (Å²) in [6.07, 6.45) is 0. The maximum absolute atomic E-state index is 12.2. The van der Waals surface area contributed by atoms with E-state index in [0.717, 1.165) is 0 Å². The van der Waals surface area contributed by atoms with Crippen molar-refractivity contribution in [3.63, 3.8) is 0 Å². The Kier molecular flexibility index (Phi) is 6.01. The third kappa shape index (κ3) is 4.59. The molecule has 0 fully saturated rings. The largest absolute Gasteiger partial charge is 0.384 e. The van der Waals surface area contributed by atoms with Crippen molar-refractivity contribution < 1.29 is 18.3 Å². The van der Waals surface area contributed by atoms with Crippen LogP contribution >= 0.6 is 23.2 Å². The highest BCUT2D eigenvalue weighted by atomic mass is 35.5. The molecule has 0 aliphatic heterocycles. The van der Waals surface area contributed by atoms with Gasteiger partial charge in [-0.25, -0.2) is 8.42 Å². The number of benzene rings is 1. The molecule has 0 heterocycles. The topological polar surface area (TPSA) is 109 Å². The zero-order chi connectivity index (χ0) is 16.2. The van der Waals surface area contributed by atoms with Gasteiger partial charge < -0.3 is 10.8 Å². The zero-order valence-corrected chi connectivity index (χ0v) is 13.2. The molecule has 1 atom stereocenters. The lowest BCUT2D eigenvalue weighted by atomic mass is 10.2. The minimum Gasteiger partial charge on any atom is -0.384 e. The average Bonchev–Trinajstić information content (AvgIpc) is 2.34. The molecule has 0 aliphatic carbocycles. The van der Waals surface area contributed by atoms with Crippen LogP contribution in [0.2, 0.25) is 10.0 Å². The van der Waals surface area contributed by atoms with E-state index in [4.69, 9.17) is 34.0 Å². The molecule has 9 heteroatoms. The molecule has 1 aromatic rings. The minimum absolute atomic E-state index is 0.158. The van der Waals surface area contributed by atoms with Gasteiger partial charge in [0.1, 0.15) is 11.5 Å². The van der Waals surface area contributed by atoms with Crippen LogP contribution in [-0.2, 0) is 14.8 Å². The lowest BCUT2D eigenvalue weighted by Gasteiger charge is -2.13. The minimum atomic E-state index is -4.12. The third-order valence-electron chi connectivity index (χ3n) is 2.34. The van der Waals surface area contributed by atoms with Crippen LogP contribution in [0.1, 0.15) is 12.5 Å². The maximum Gasteiger partial charge on any atom is 0.244 e. The summed E-state index contributed by atoms with van der Waals surface area (Å²) in [4.78, 5) is 10.6. The molecule has 1 aromatic carbocycles. The van der Waals surface area contributed by atoms with E-state index in [1.54, 1.807) is 0 Å². The van der Waals surface area contributed by atoms with Crippen LogP contribution < -0.4 is 10.5 Å². The van der Waals surface area contributed by atoms with E-state index in [1.165, 1.54) is 19.1 Å². The number of nitrogens with one attached hydrogen (secondary N) is 1. The molecule has 0 saturated heterocycles. The highest BCUT2D eigenvalue weighted by Gasteiger charge is 2.25. The number of aliphatic hydroxyl groups excluding tert-OH is 1. The first-order chi connectivity index (χ1) is 9.69. The lowest BCUT2D eigenvalue weighted by molar-refractivity contribution is -0.119. The summed E-state index contributed by atoms with van der Waals surface area (Å²) in [5.74, 6) is 4.10. The molecule has 0 aromatic heterocycles. The van der Waals surface area contributed by atoms with Crippen LogP contribution in [0, 0.1) is 11.8 Å². The van der Waals surface area contributed by atoms with Gasteiger partial charge >= 0.3 is 0 Å². The van der Waals surface area contributed by atoms with Crippen LogP contribution in [0.5, 0.6) is 0 Å². The van der Waals surface area contributed by atoms with Gasteiger partial charge in [-0.05, 0) is 19.1 Å². The number of primary amides is 1. The van der Waals surface area contributed by atoms with Crippen LogP contribution in [0.3, 0.4) is 0 Å². The summed E-state index contributed by atoms with van der Waals surface area (Å²) in [7, 11) is -4.12. The average molecular weight is 351 g/mol. The molecule has 1 unspecified atom stereocenters. The number of sulfonamides is 1. The standard InChI is InChI=1S/C12H12Cl2N2O4S/c1-7(12(15)18)16-21(19,20)11-9(13)5-8(3-2-4-17)6-10(11)14/h5-7,16-17H,4H2,1H3,(H2,15,18). The number of rotatable bonds is 4. The van der Waals surface area contributed by atoms with E-state index >= 15 is 0 Å². The second-order valence-corrected chi connectivity index (χ2v) is 6.44. The molecule has 0 saturated carbocycles. The normalized spacial score (nSPS) is 12.4. The smallest absolute Gasteiger partial charge is 0.244 e. The van der Waals surface area contributed by atoms with Crippen molar-refractivity contribution in [2.75, 3.05) is 6.61 Å². The summed E-state index contributed by atoms with van der Waals surface area (Å²) in [5.41, 5.74) is 5.35. The Labute approximate surface area is 132 Å². The molecular weight excluding hydrogens is 339 g/mol. The molecule has 4 N–H and O–H groups in total. The number of nitrogens with two attached hydrogens (primary N) is 1. The fourth-order valence-electron chi connectivity index (χ4n) is 1.38.